The van der Waals surface area contributed by atoms with E-state index in [2.05, 4.69) is 9.97 Å². The predicted octanol–water partition coefficient (Wildman–Crippen LogP) is 2.37. The van der Waals surface area contributed by atoms with Crippen LogP contribution in [0.5, 0.6) is 11.5 Å². The van der Waals surface area contributed by atoms with Crippen LogP contribution < -0.4 is 14.4 Å². The van der Waals surface area contributed by atoms with E-state index in [0.717, 1.165) is 16.7 Å². The number of methoxy groups -OCH3 is 2. The van der Waals surface area contributed by atoms with Gasteiger partial charge in [0.25, 0.3) is 0 Å². The third-order valence-corrected chi connectivity index (χ3v) is 2.75. The van der Waals surface area contributed by atoms with Gasteiger partial charge < -0.3 is 14.4 Å². The zero-order valence-corrected chi connectivity index (χ0v) is 11.4. The molecule has 5 nitrogen and oxygen atoms in total. The molecule has 2 rings (SSSR count). The van der Waals surface area contributed by atoms with Gasteiger partial charge in [-0.3, -0.25) is 0 Å². The first-order chi connectivity index (χ1) is 8.56. The molecule has 0 saturated heterocycles. The van der Waals surface area contributed by atoms with E-state index in [4.69, 9.17) is 21.1 Å². The van der Waals surface area contributed by atoms with Crippen LogP contribution in [0.15, 0.2) is 12.1 Å². The highest BCUT2D eigenvalue weighted by molar-refractivity contribution is 6.28. The Kier molecular flexibility index (Phi) is 3.43. The van der Waals surface area contributed by atoms with Gasteiger partial charge in [0, 0.05) is 25.5 Å². The molecule has 1 heterocycles. The first-order valence-electron chi connectivity index (χ1n) is 5.33. The summed E-state index contributed by atoms with van der Waals surface area (Å²) in [7, 11) is 6.97. The molecule has 18 heavy (non-hydrogen) atoms. The Morgan fingerprint density at radius 1 is 1.06 bits per heavy atom. The number of rotatable bonds is 3. The number of halogens is 1. The minimum atomic E-state index is 0.207. The Hall–Kier alpha value is -1.75. The Morgan fingerprint density at radius 3 is 2.22 bits per heavy atom. The lowest BCUT2D eigenvalue weighted by atomic mass is 10.2. The fourth-order valence-corrected chi connectivity index (χ4v) is 1.92. The summed E-state index contributed by atoms with van der Waals surface area (Å²) in [6.07, 6.45) is 0. The molecule has 0 aliphatic rings. The van der Waals surface area contributed by atoms with Crippen molar-refractivity contribution in [1.29, 1.82) is 0 Å². The van der Waals surface area contributed by atoms with Gasteiger partial charge in [-0.2, -0.15) is 4.98 Å². The lowest BCUT2D eigenvalue weighted by Gasteiger charge is -2.15. The average molecular weight is 268 g/mol. The van der Waals surface area contributed by atoms with E-state index in [1.807, 2.05) is 25.1 Å². The van der Waals surface area contributed by atoms with Crippen molar-refractivity contribution in [1.82, 2.24) is 9.97 Å². The van der Waals surface area contributed by atoms with Crippen molar-refractivity contribution in [3.8, 4) is 11.5 Å². The second kappa shape index (κ2) is 4.86. The summed E-state index contributed by atoms with van der Waals surface area (Å²) in [6, 6.07) is 3.63. The number of hydrogen-bond acceptors (Lipinski definition) is 5. The molecule has 0 unspecified atom stereocenters. The first-order valence-corrected chi connectivity index (χ1v) is 5.71. The van der Waals surface area contributed by atoms with Crippen LogP contribution in [0.25, 0.3) is 10.9 Å². The quantitative estimate of drug-likeness (QED) is 0.799. The molecular formula is C12H14ClN3O2. The summed E-state index contributed by atoms with van der Waals surface area (Å²) in [5, 5.41) is 1.07. The minimum Gasteiger partial charge on any atom is -0.493 e. The van der Waals surface area contributed by atoms with Gasteiger partial charge >= 0.3 is 0 Å². The van der Waals surface area contributed by atoms with E-state index in [-0.39, 0.29) is 5.28 Å². The van der Waals surface area contributed by atoms with Crippen molar-refractivity contribution in [3.05, 3.63) is 17.4 Å². The van der Waals surface area contributed by atoms with Crippen LogP contribution >= 0.6 is 11.6 Å². The lowest BCUT2D eigenvalue weighted by molar-refractivity contribution is 0.356. The Labute approximate surface area is 110 Å². The van der Waals surface area contributed by atoms with Crippen molar-refractivity contribution < 1.29 is 9.47 Å². The molecule has 1 aromatic carbocycles. The third-order valence-electron chi connectivity index (χ3n) is 2.58. The van der Waals surface area contributed by atoms with Gasteiger partial charge in [0.1, 0.15) is 5.82 Å². The Balaban J connectivity index is 2.79. The zero-order valence-electron chi connectivity index (χ0n) is 10.7. The summed E-state index contributed by atoms with van der Waals surface area (Å²) in [5.74, 6) is 1.99. The van der Waals surface area contributed by atoms with Crippen LogP contribution in [0.2, 0.25) is 5.28 Å². The van der Waals surface area contributed by atoms with Crippen LogP contribution in [0.4, 0.5) is 5.82 Å². The fraction of sp³-hybridized carbons (Fsp3) is 0.333. The molecule has 0 spiro atoms. The van der Waals surface area contributed by atoms with Gasteiger partial charge in [-0.05, 0) is 17.7 Å². The van der Waals surface area contributed by atoms with E-state index >= 15 is 0 Å². The van der Waals surface area contributed by atoms with E-state index in [1.165, 1.54) is 0 Å². The number of anilines is 1. The van der Waals surface area contributed by atoms with Crippen molar-refractivity contribution in [2.24, 2.45) is 0 Å². The standard InChI is InChI=1S/C12H14ClN3O2/c1-16(2)11-7-5-9(17-3)10(18-4)6-8(7)14-12(13)15-11/h5-6H,1-4H3. The van der Waals surface area contributed by atoms with Gasteiger partial charge in [0.2, 0.25) is 5.28 Å². The molecule has 0 N–H and O–H groups in total. The van der Waals surface area contributed by atoms with E-state index in [9.17, 15) is 0 Å². The van der Waals surface area contributed by atoms with E-state index < -0.39 is 0 Å². The molecule has 2 aromatic rings. The Morgan fingerprint density at radius 2 is 1.67 bits per heavy atom. The van der Waals surface area contributed by atoms with Gasteiger partial charge in [-0.15, -0.1) is 0 Å². The summed E-state index contributed by atoms with van der Waals surface area (Å²) < 4.78 is 10.5. The summed E-state index contributed by atoms with van der Waals surface area (Å²) in [4.78, 5) is 10.3. The summed E-state index contributed by atoms with van der Waals surface area (Å²) in [6.45, 7) is 0. The second-order valence-electron chi connectivity index (χ2n) is 3.94. The van der Waals surface area contributed by atoms with E-state index in [1.54, 1.807) is 20.3 Å². The number of benzene rings is 1. The topological polar surface area (TPSA) is 47.5 Å². The van der Waals surface area contributed by atoms with Gasteiger partial charge in [-0.1, -0.05) is 0 Å². The molecule has 0 bridgehead atoms. The maximum atomic E-state index is 5.92. The molecule has 0 atom stereocenters. The second-order valence-corrected chi connectivity index (χ2v) is 4.27. The number of aromatic nitrogens is 2. The summed E-state index contributed by atoms with van der Waals surface area (Å²) in [5.41, 5.74) is 0.719. The number of ether oxygens (including phenoxy) is 2. The Bertz CT molecular complexity index is 587. The smallest absolute Gasteiger partial charge is 0.224 e. The molecule has 0 aliphatic heterocycles. The van der Waals surface area contributed by atoms with Crippen LogP contribution in [-0.4, -0.2) is 38.3 Å². The average Bonchev–Trinajstić information content (AvgIpc) is 2.35. The molecule has 0 amide bonds. The highest BCUT2D eigenvalue weighted by Gasteiger charge is 2.13. The molecule has 0 fully saturated rings. The largest absolute Gasteiger partial charge is 0.493 e. The number of nitrogens with zero attached hydrogens (tertiary/aromatic N) is 3. The SMILES string of the molecule is COc1cc2nc(Cl)nc(N(C)C)c2cc1OC. The van der Waals surface area contributed by atoms with Crippen molar-refractivity contribution in [3.63, 3.8) is 0 Å². The van der Waals surface area contributed by atoms with E-state index in [0.29, 0.717) is 11.5 Å². The lowest BCUT2D eigenvalue weighted by Crippen LogP contribution is -2.12. The van der Waals surface area contributed by atoms with Gasteiger partial charge in [-0.25, -0.2) is 4.98 Å². The number of fused-ring (bicyclic) bond motifs is 1. The maximum Gasteiger partial charge on any atom is 0.224 e. The van der Waals surface area contributed by atoms with Crippen LogP contribution in [0.1, 0.15) is 0 Å². The molecular weight excluding hydrogens is 254 g/mol. The molecule has 0 radical (unpaired) electrons. The molecule has 96 valence electrons. The van der Waals surface area contributed by atoms with Crippen molar-refractivity contribution in [2.45, 2.75) is 0 Å². The highest BCUT2D eigenvalue weighted by Crippen LogP contribution is 2.35. The van der Waals surface area contributed by atoms with Gasteiger partial charge in [0.15, 0.2) is 11.5 Å². The molecule has 0 aliphatic carbocycles. The molecule has 6 heteroatoms. The van der Waals surface area contributed by atoms with Crippen molar-refractivity contribution in [2.75, 3.05) is 33.2 Å². The van der Waals surface area contributed by atoms with Crippen LogP contribution in [0.3, 0.4) is 0 Å². The monoisotopic (exact) mass is 267 g/mol. The first kappa shape index (κ1) is 12.7. The highest BCUT2D eigenvalue weighted by atomic mass is 35.5. The van der Waals surface area contributed by atoms with Crippen LogP contribution in [-0.2, 0) is 0 Å². The summed E-state index contributed by atoms with van der Waals surface area (Å²) >= 11 is 5.92. The molecule has 1 aromatic heterocycles. The molecule has 0 saturated carbocycles. The zero-order chi connectivity index (χ0) is 13.3. The fourth-order valence-electron chi connectivity index (χ4n) is 1.75. The van der Waals surface area contributed by atoms with Crippen LogP contribution in [0, 0.1) is 0 Å². The third kappa shape index (κ3) is 2.13. The van der Waals surface area contributed by atoms with Gasteiger partial charge in [0.05, 0.1) is 19.7 Å². The van der Waals surface area contributed by atoms with Crippen molar-refractivity contribution >= 4 is 28.3 Å². The normalized spacial score (nSPS) is 10.5. The predicted molar refractivity (Wildman–Crippen MR) is 72.0 cm³/mol. The number of hydrogen-bond donors (Lipinski definition) is 0. The minimum absolute atomic E-state index is 0.207. The maximum absolute atomic E-state index is 5.92.